The zero-order valence-corrected chi connectivity index (χ0v) is 13.2. The number of H-pyrrole nitrogens is 1. The maximum absolute atomic E-state index is 13.4. The fraction of sp³-hybridized carbons (Fsp3) is 0.357. The quantitative estimate of drug-likeness (QED) is 0.740. The Morgan fingerprint density at radius 1 is 1.45 bits per heavy atom. The topological polar surface area (TPSA) is 74.7 Å². The molecule has 2 aromatic rings. The number of nitrogens with zero attached hydrogens (tertiary/aromatic N) is 2. The van der Waals surface area contributed by atoms with Crippen molar-refractivity contribution in [1.29, 1.82) is 0 Å². The molecule has 0 atom stereocenters. The Labute approximate surface area is 132 Å². The van der Waals surface area contributed by atoms with Crippen LogP contribution in [0.3, 0.4) is 0 Å². The van der Waals surface area contributed by atoms with Crippen LogP contribution in [0.5, 0.6) is 0 Å². The highest BCUT2D eigenvalue weighted by Crippen LogP contribution is 2.12. The smallest absolute Gasteiger partial charge is 0.319 e. The molecular formula is C14H18FN5OS. The van der Waals surface area contributed by atoms with Crippen molar-refractivity contribution < 1.29 is 9.18 Å². The zero-order valence-electron chi connectivity index (χ0n) is 12.4. The van der Waals surface area contributed by atoms with Gasteiger partial charge in [-0.1, -0.05) is 12.1 Å². The van der Waals surface area contributed by atoms with Crippen molar-refractivity contribution in [2.75, 3.05) is 11.9 Å². The summed E-state index contributed by atoms with van der Waals surface area (Å²) < 4.78 is 15.9. The Morgan fingerprint density at radius 3 is 2.86 bits per heavy atom. The molecule has 2 amide bonds. The van der Waals surface area contributed by atoms with Crippen LogP contribution in [0.2, 0.25) is 0 Å². The Bertz CT molecular complexity index is 709. The molecule has 0 spiro atoms. The molecule has 6 nitrogen and oxygen atoms in total. The van der Waals surface area contributed by atoms with Gasteiger partial charge in [-0.05, 0) is 38.2 Å². The van der Waals surface area contributed by atoms with Crippen LogP contribution < -0.4 is 10.6 Å². The van der Waals surface area contributed by atoms with Crippen molar-refractivity contribution in [2.24, 2.45) is 0 Å². The van der Waals surface area contributed by atoms with Gasteiger partial charge in [-0.25, -0.2) is 9.18 Å². The normalized spacial score (nSPS) is 10.7. The van der Waals surface area contributed by atoms with Crippen LogP contribution in [0.15, 0.2) is 24.3 Å². The summed E-state index contributed by atoms with van der Waals surface area (Å²) in [6, 6.07) is 5.73. The molecule has 2 rings (SSSR count). The molecule has 1 heterocycles. The standard InChI is InChI=1S/C14H18FN5OS/c1-9(2)20-12(18-19-14(20)22)7-8-16-13(21)17-11-6-4-3-5-10(11)15/h3-6,9H,7-8H2,1-2H3,(H,19,22)(H2,16,17,21). The molecule has 22 heavy (non-hydrogen) atoms. The number of halogens is 1. The summed E-state index contributed by atoms with van der Waals surface area (Å²) in [6.45, 7) is 4.38. The van der Waals surface area contributed by atoms with Crippen molar-refractivity contribution in [1.82, 2.24) is 20.1 Å². The summed E-state index contributed by atoms with van der Waals surface area (Å²) in [5.74, 6) is 0.296. The third-order valence-electron chi connectivity index (χ3n) is 3.05. The monoisotopic (exact) mass is 323 g/mol. The van der Waals surface area contributed by atoms with Crippen LogP contribution in [0.1, 0.15) is 25.7 Å². The number of carbonyl (C=O) groups is 1. The van der Waals surface area contributed by atoms with Gasteiger partial charge in [-0.3, -0.25) is 5.10 Å². The molecule has 0 radical (unpaired) electrons. The number of amides is 2. The average molecular weight is 323 g/mol. The summed E-state index contributed by atoms with van der Waals surface area (Å²) in [5.41, 5.74) is 0.143. The minimum absolute atomic E-state index is 0.143. The lowest BCUT2D eigenvalue weighted by Gasteiger charge is -2.11. The Balaban J connectivity index is 1.88. The molecule has 118 valence electrons. The number of carbonyl (C=O) groups excluding carboxylic acids is 1. The van der Waals surface area contributed by atoms with Gasteiger partial charge in [0.2, 0.25) is 0 Å². The lowest BCUT2D eigenvalue weighted by molar-refractivity contribution is 0.252. The number of hydrogen-bond donors (Lipinski definition) is 3. The fourth-order valence-corrected chi connectivity index (χ4v) is 2.42. The van der Waals surface area contributed by atoms with Crippen LogP contribution in [0.25, 0.3) is 0 Å². The fourth-order valence-electron chi connectivity index (χ4n) is 2.06. The van der Waals surface area contributed by atoms with E-state index >= 15 is 0 Å². The predicted octanol–water partition coefficient (Wildman–Crippen LogP) is 3.02. The molecule has 0 aliphatic heterocycles. The molecule has 0 fully saturated rings. The number of hydrogen-bond acceptors (Lipinski definition) is 3. The Morgan fingerprint density at radius 2 is 2.18 bits per heavy atom. The van der Waals surface area contributed by atoms with Gasteiger partial charge in [0.1, 0.15) is 11.6 Å². The predicted molar refractivity (Wildman–Crippen MR) is 84.9 cm³/mol. The molecule has 0 bridgehead atoms. The van der Waals surface area contributed by atoms with Crippen LogP contribution in [0.4, 0.5) is 14.9 Å². The van der Waals surface area contributed by atoms with E-state index < -0.39 is 11.8 Å². The minimum Gasteiger partial charge on any atom is -0.337 e. The number of nitrogens with one attached hydrogen (secondary N) is 3. The zero-order chi connectivity index (χ0) is 16.1. The van der Waals surface area contributed by atoms with Gasteiger partial charge < -0.3 is 15.2 Å². The summed E-state index contributed by atoms with van der Waals surface area (Å²) in [7, 11) is 0. The third-order valence-corrected chi connectivity index (χ3v) is 3.34. The number of aromatic nitrogens is 3. The van der Waals surface area contributed by atoms with Gasteiger partial charge in [-0.15, -0.1) is 0 Å². The summed E-state index contributed by atoms with van der Waals surface area (Å²) >= 11 is 5.16. The van der Waals surface area contributed by atoms with E-state index in [-0.39, 0.29) is 11.7 Å². The van der Waals surface area contributed by atoms with Gasteiger partial charge in [0.25, 0.3) is 0 Å². The van der Waals surface area contributed by atoms with Gasteiger partial charge >= 0.3 is 6.03 Å². The second-order valence-corrected chi connectivity index (χ2v) is 5.41. The molecule has 0 saturated carbocycles. The van der Waals surface area contributed by atoms with Crippen LogP contribution in [0, 0.1) is 10.6 Å². The van der Waals surface area contributed by atoms with Gasteiger partial charge in [0.05, 0.1) is 5.69 Å². The van der Waals surface area contributed by atoms with Gasteiger partial charge in [-0.2, -0.15) is 5.10 Å². The maximum atomic E-state index is 13.4. The molecular weight excluding hydrogens is 305 g/mol. The van der Waals surface area contributed by atoms with Crippen molar-refractivity contribution in [2.45, 2.75) is 26.3 Å². The average Bonchev–Trinajstić information content (AvgIpc) is 2.82. The van der Waals surface area contributed by atoms with Crippen LogP contribution in [-0.2, 0) is 6.42 Å². The van der Waals surface area contributed by atoms with E-state index in [0.29, 0.717) is 17.7 Å². The van der Waals surface area contributed by atoms with Crippen molar-refractivity contribution >= 4 is 23.9 Å². The highest BCUT2D eigenvalue weighted by atomic mass is 32.1. The second kappa shape index (κ2) is 7.17. The van der Waals surface area contributed by atoms with Gasteiger partial charge in [0.15, 0.2) is 4.77 Å². The molecule has 0 aliphatic rings. The summed E-state index contributed by atoms with van der Waals surface area (Å²) in [4.78, 5) is 11.7. The number of urea groups is 1. The number of rotatable bonds is 5. The van der Waals surface area contributed by atoms with E-state index in [1.54, 1.807) is 12.1 Å². The van der Waals surface area contributed by atoms with E-state index in [1.807, 2.05) is 18.4 Å². The number of anilines is 1. The minimum atomic E-state index is -0.474. The summed E-state index contributed by atoms with van der Waals surface area (Å²) in [6.07, 6.45) is 0.524. The van der Waals surface area contributed by atoms with Gasteiger partial charge in [0, 0.05) is 19.0 Å². The highest BCUT2D eigenvalue weighted by molar-refractivity contribution is 7.71. The van der Waals surface area contributed by atoms with Crippen molar-refractivity contribution in [3.05, 3.63) is 40.7 Å². The maximum Gasteiger partial charge on any atom is 0.319 e. The molecule has 1 aromatic carbocycles. The van der Waals surface area contributed by atoms with Crippen LogP contribution in [-0.4, -0.2) is 27.3 Å². The molecule has 1 aromatic heterocycles. The van der Waals surface area contributed by atoms with E-state index in [1.165, 1.54) is 12.1 Å². The van der Waals surface area contributed by atoms with E-state index in [9.17, 15) is 9.18 Å². The Kier molecular flexibility index (Phi) is 5.26. The van der Waals surface area contributed by atoms with Crippen molar-refractivity contribution in [3.8, 4) is 0 Å². The first-order valence-corrected chi connectivity index (χ1v) is 7.35. The largest absolute Gasteiger partial charge is 0.337 e. The molecule has 3 N–H and O–H groups in total. The molecule has 8 heteroatoms. The summed E-state index contributed by atoms with van der Waals surface area (Å²) in [5, 5.41) is 12.0. The molecule has 0 saturated heterocycles. The SMILES string of the molecule is CC(C)n1c(CCNC(=O)Nc2ccccc2F)n[nH]c1=S. The first-order valence-electron chi connectivity index (χ1n) is 6.94. The number of benzene rings is 1. The van der Waals surface area contributed by atoms with Crippen molar-refractivity contribution in [3.63, 3.8) is 0 Å². The Hall–Kier alpha value is -2.22. The lowest BCUT2D eigenvalue weighted by atomic mass is 10.3. The van der Waals surface area contributed by atoms with E-state index in [2.05, 4.69) is 20.8 Å². The van der Waals surface area contributed by atoms with Crippen LogP contribution >= 0.6 is 12.2 Å². The lowest BCUT2D eigenvalue weighted by Crippen LogP contribution is -2.31. The third kappa shape index (κ3) is 3.91. The molecule has 0 aliphatic carbocycles. The number of aromatic amines is 1. The highest BCUT2D eigenvalue weighted by Gasteiger charge is 2.10. The second-order valence-electron chi connectivity index (χ2n) is 5.02. The van der Waals surface area contributed by atoms with E-state index in [4.69, 9.17) is 12.2 Å². The first kappa shape index (κ1) is 16.2. The first-order chi connectivity index (χ1) is 10.5. The van der Waals surface area contributed by atoms with E-state index in [0.717, 1.165) is 5.82 Å². The molecule has 0 unspecified atom stereocenters. The number of para-hydroxylation sites is 1.